The first kappa shape index (κ1) is 16.2. The van der Waals surface area contributed by atoms with E-state index < -0.39 is 0 Å². The zero-order chi connectivity index (χ0) is 16.9. The topological polar surface area (TPSA) is 67.6 Å². The van der Waals surface area contributed by atoms with Crippen LogP contribution in [0.25, 0.3) is 0 Å². The van der Waals surface area contributed by atoms with Crippen molar-refractivity contribution < 1.29 is 9.53 Å². The Labute approximate surface area is 142 Å². The molecule has 0 aromatic heterocycles. The first-order chi connectivity index (χ1) is 11.7. The number of amides is 1. The molecule has 0 radical (unpaired) electrons. The Morgan fingerprint density at radius 1 is 1.21 bits per heavy atom. The first-order valence-electron chi connectivity index (χ1n) is 8.36. The molecule has 3 rings (SSSR count). The molecule has 1 fully saturated rings. The van der Waals surface area contributed by atoms with E-state index in [-0.39, 0.29) is 5.91 Å². The van der Waals surface area contributed by atoms with Crippen LogP contribution in [0.5, 0.6) is 5.75 Å². The highest BCUT2D eigenvalue weighted by molar-refractivity contribution is 6.04. The zero-order valence-electron chi connectivity index (χ0n) is 13.9. The highest BCUT2D eigenvalue weighted by Crippen LogP contribution is 2.29. The van der Waals surface area contributed by atoms with Crippen LogP contribution in [0.2, 0.25) is 0 Å². The molecule has 0 saturated carbocycles. The van der Waals surface area contributed by atoms with Gasteiger partial charge in [-0.2, -0.15) is 0 Å². The van der Waals surface area contributed by atoms with Crippen molar-refractivity contribution in [3.05, 3.63) is 48.0 Å². The van der Waals surface area contributed by atoms with E-state index >= 15 is 0 Å². The summed E-state index contributed by atoms with van der Waals surface area (Å²) in [7, 11) is 0. The minimum Gasteiger partial charge on any atom is -0.494 e. The SMILES string of the molecule is CCOc1cccc(C(=O)Nc2ccc(N3CCCC3)c(N)c2)c1. The Morgan fingerprint density at radius 2 is 2.00 bits per heavy atom. The minimum absolute atomic E-state index is 0.176. The fourth-order valence-corrected chi connectivity index (χ4v) is 2.98. The van der Waals surface area contributed by atoms with Crippen molar-refractivity contribution in [1.82, 2.24) is 0 Å². The van der Waals surface area contributed by atoms with Crippen LogP contribution in [0.3, 0.4) is 0 Å². The lowest BCUT2D eigenvalue weighted by Gasteiger charge is -2.20. The van der Waals surface area contributed by atoms with Crippen molar-refractivity contribution in [1.29, 1.82) is 0 Å². The van der Waals surface area contributed by atoms with Gasteiger partial charge in [0, 0.05) is 24.3 Å². The normalized spacial score (nSPS) is 13.8. The molecule has 0 spiro atoms. The quantitative estimate of drug-likeness (QED) is 0.825. The largest absolute Gasteiger partial charge is 0.494 e. The van der Waals surface area contributed by atoms with Gasteiger partial charge in [-0.1, -0.05) is 6.07 Å². The Balaban J connectivity index is 1.72. The molecule has 3 N–H and O–H groups in total. The molecule has 2 aromatic rings. The predicted molar refractivity (Wildman–Crippen MR) is 97.9 cm³/mol. The molecule has 1 heterocycles. The number of carbonyl (C=O) groups excluding carboxylic acids is 1. The molecular weight excluding hydrogens is 302 g/mol. The zero-order valence-corrected chi connectivity index (χ0v) is 13.9. The van der Waals surface area contributed by atoms with Crippen LogP contribution < -0.4 is 20.7 Å². The molecule has 24 heavy (non-hydrogen) atoms. The predicted octanol–water partition coefficient (Wildman–Crippen LogP) is 3.52. The average molecular weight is 325 g/mol. The molecule has 126 valence electrons. The van der Waals surface area contributed by atoms with Crippen molar-refractivity contribution in [2.75, 3.05) is 35.6 Å². The van der Waals surface area contributed by atoms with E-state index in [9.17, 15) is 4.79 Å². The summed E-state index contributed by atoms with van der Waals surface area (Å²) in [5, 5.41) is 2.89. The summed E-state index contributed by atoms with van der Waals surface area (Å²) in [6.45, 7) is 4.57. The summed E-state index contributed by atoms with van der Waals surface area (Å²) >= 11 is 0. The molecule has 5 nitrogen and oxygen atoms in total. The number of carbonyl (C=O) groups is 1. The lowest BCUT2D eigenvalue weighted by molar-refractivity contribution is 0.102. The van der Waals surface area contributed by atoms with Crippen molar-refractivity contribution in [2.24, 2.45) is 0 Å². The monoisotopic (exact) mass is 325 g/mol. The summed E-state index contributed by atoms with van der Waals surface area (Å²) in [5.41, 5.74) is 9.16. The summed E-state index contributed by atoms with van der Waals surface area (Å²) in [4.78, 5) is 14.7. The Kier molecular flexibility index (Phi) is 4.89. The Bertz CT molecular complexity index is 724. The van der Waals surface area contributed by atoms with Crippen molar-refractivity contribution >= 4 is 23.0 Å². The molecule has 2 aromatic carbocycles. The van der Waals surface area contributed by atoms with E-state index in [2.05, 4.69) is 10.2 Å². The fraction of sp³-hybridized carbons (Fsp3) is 0.316. The smallest absolute Gasteiger partial charge is 0.255 e. The van der Waals surface area contributed by atoms with Crippen LogP contribution in [0.15, 0.2) is 42.5 Å². The van der Waals surface area contributed by atoms with Gasteiger partial charge in [-0.15, -0.1) is 0 Å². The van der Waals surface area contributed by atoms with Crippen LogP contribution in [0.1, 0.15) is 30.1 Å². The van der Waals surface area contributed by atoms with Gasteiger partial charge < -0.3 is 20.7 Å². The lowest BCUT2D eigenvalue weighted by atomic mass is 10.2. The van der Waals surface area contributed by atoms with Gasteiger partial charge in [0.2, 0.25) is 0 Å². The number of nitrogens with zero attached hydrogens (tertiary/aromatic N) is 1. The van der Waals surface area contributed by atoms with Gasteiger partial charge >= 0.3 is 0 Å². The number of nitrogens with two attached hydrogens (primary N) is 1. The Hall–Kier alpha value is -2.69. The van der Waals surface area contributed by atoms with Crippen molar-refractivity contribution in [3.63, 3.8) is 0 Å². The third kappa shape index (κ3) is 3.62. The number of hydrogen-bond acceptors (Lipinski definition) is 4. The molecule has 0 atom stereocenters. The molecule has 1 saturated heterocycles. The fourth-order valence-electron chi connectivity index (χ4n) is 2.98. The molecule has 1 aliphatic rings. The van der Waals surface area contributed by atoms with E-state index in [1.165, 1.54) is 12.8 Å². The van der Waals surface area contributed by atoms with Gasteiger partial charge in [0.05, 0.1) is 18.0 Å². The second-order valence-electron chi connectivity index (χ2n) is 5.88. The van der Waals surface area contributed by atoms with Crippen molar-refractivity contribution in [3.8, 4) is 5.75 Å². The van der Waals surface area contributed by atoms with Crippen LogP contribution in [-0.4, -0.2) is 25.6 Å². The van der Waals surface area contributed by atoms with Gasteiger partial charge in [0.25, 0.3) is 5.91 Å². The number of anilines is 3. The third-order valence-corrected chi connectivity index (χ3v) is 4.14. The number of ether oxygens (including phenoxy) is 1. The molecule has 5 heteroatoms. The second kappa shape index (κ2) is 7.25. The van der Waals surface area contributed by atoms with Gasteiger partial charge in [-0.05, 0) is 56.2 Å². The molecule has 0 aliphatic carbocycles. The molecule has 1 aliphatic heterocycles. The highest BCUT2D eigenvalue weighted by Gasteiger charge is 2.15. The minimum atomic E-state index is -0.176. The summed E-state index contributed by atoms with van der Waals surface area (Å²) < 4.78 is 5.43. The first-order valence-corrected chi connectivity index (χ1v) is 8.36. The lowest BCUT2D eigenvalue weighted by Crippen LogP contribution is -2.19. The molecular formula is C19H23N3O2. The molecule has 0 unspecified atom stereocenters. The van der Waals surface area contributed by atoms with E-state index in [0.29, 0.717) is 29.3 Å². The molecule has 1 amide bonds. The highest BCUT2D eigenvalue weighted by atomic mass is 16.5. The third-order valence-electron chi connectivity index (χ3n) is 4.14. The summed E-state index contributed by atoms with van der Waals surface area (Å²) in [6.07, 6.45) is 2.40. The maximum absolute atomic E-state index is 12.4. The van der Waals surface area contributed by atoms with Gasteiger partial charge in [0.1, 0.15) is 5.75 Å². The van der Waals surface area contributed by atoms with Crippen LogP contribution in [0.4, 0.5) is 17.1 Å². The standard InChI is InChI=1S/C19H23N3O2/c1-2-24-16-7-5-6-14(12-16)19(23)21-15-8-9-18(17(20)13-15)22-10-3-4-11-22/h5-9,12-13H,2-4,10-11,20H2,1H3,(H,21,23). The average Bonchev–Trinajstić information content (AvgIpc) is 3.10. The number of hydrogen-bond donors (Lipinski definition) is 2. The van der Waals surface area contributed by atoms with Crippen LogP contribution in [-0.2, 0) is 0 Å². The maximum atomic E-state index is 12.4. The van der Waals surface area contributed by atoms with E-state index in [0.717, 1.165) is 18.8 Å². The van der Waals surface area contributed by atoms with Gasteiger partial charge in [-0.25, -0.2) is 0 Å². The number of nitrogens with one attached hydrogen (secondary N) is 1. The van der Waals surface area contributed by atoms with Crippen LogP contribution >= 0.6 is 0 Å². The van der Waals surface area contributed by atoms with Crippen LogP contribution in [0, 0.1) is 0 Å². The maximum Gasteiger partial charge on any atom is 0.255 e. The summed E-state index contributed by atoms with van der Waals surface area (Å²) in [6, 6.07) is 12.8. The number of nitrogen functional groups attached to an aromatic ring is 1. The van der Waals surface area contributed by atoms with Crippen molar-refractivity contribution in [2.45, 2.75) is 19.8 Å². The molecule has 0 bridgehead atoms. The van der Waals surface area contributed by atoms with Gasteiger partial charge in [-0.3, -0.25) is 4.79 Å². The number of rotatable bonds is 5. The second-order valence-corrected chi connectivity index (χ2v) is 5.88. The van der Waals surface area contributed by atoms with E-state index in [1.807, 2.05) is 37.3 Å². The van der Waals surface area contributed by atoms with Gasteiger partial charge in [0.15, 0.2) is 0 Å². The Morgan fingerprint density at radius 3 is 2.71 bits per heavy atom. The summed E-state index contributed by atoms with van der Waals surface area (Å²) in [5.74, 6) is 0.513. The number of benzene rings is 2. The van der Waals surface area contributed by atoms with E-state index in [4.69, 9.17) is 10.5 Å². The van der Waals surface area contributed by atoms with E-state index in [1.54, 1.807) is 12.1 Å².